The summed E-state index contributed by atoms with van der Waals surface area (Å²) in [5, 5.41) is 0.530. The molecule has 3 nitrogen and oxygen atoms in total. The van der Waals surface area contributed by atoms with Crippen LogP contribution in [0.4, 0.5) is 0 Å². The Bertz CT molecular complexity index is 879. The van der Waals surface area contributed by atoms with E-state index >= 15 is 0 Å². The number of hydrogen-bond donors (Lipinski definition) is 0. The average molecular weight is 398 g/mol. The van der Waals surface area contributed by atoms with Gasteiger partial charge in [-0.15, -0.1) is 0 Å². The van der Waals surface area contributed by atoms with Crippen LogP contribution in [0, 0.1) is 10.8 Å². The highest BCUT2D eigenvalue weighted by Gasteiger charge is 2.50. The van der Waals surface area contributed by atoms with Crippen molar-refractivity contribution in [3.8, 4) is 16.9 Å². The van der Waals surface area contributed by atoms with Crippen molar-refractivity contribution in [2.45, 2.75) is 46.1 Å². The van der Waals surface area contributed by atoms with Crippen molar-refractivity contribution in [3.63, 3.8) is 0 Å². The fraction of sp³-hybridized carbons (Fsp3) is 0.458. The van der Waals surface area contributed by atoms with Gasteiger partial charge in [-0.1, -0.05) is 68.8 Å². The van der Waals surface area contributed by atoms with Crippen LogP contribution in [0.1, 0.15) is 40.0 Å². The lowest BCUT2D eigenvalue weighted by Gasteiger charge is -2.39. The summed E-state index contributed by atoms with van der Waals surface area (Å²) in [5.41, 5.74) is 2.67. The van der Waals surface area contributed by atoms with Gasteiger partial charge in [-0.05, 0) is 53.4 Å². The molecule has 1 aliphatic heterocycles. The van der Waals surface area contributed by atoms with E-state index in [1.807, 2.05) is 53.4 Å². The number of carbonyl (C=O) groups is 1. The molecule has 0 unspecified atom stereocenters. The molecular formula is C24H28ClNO2. The molecule has 2 aromatic rings. The largest absolute Gasteiger partial charge is 0.482 e. The molecule has 0 spiro atoms. The third-order valence-corrected chi connectivity index (χ3v) is 6.42. The van der Waals surface area contributed by atoms with Crippen LogP contribution in [0.15, 0.2) is 48.5 Å². The second-order valence-corrected chi connectivity index (χ2v) is 9.94. The number of halogens is 1. The van der Waals surface area contributed by atoms with Gasteiger partial charge in [0.15, 0.2) is 6.61 Å². The van der Waals surface area contributed by atoms with E-state index in [2.05, 4.69) is 20.8 Å². The third-order valence-electron chi connectivity index (χ3n) is 6.13. The smallest absolute Gasteiger partial charge is 0.260 e. The van der Waals surface area contributed by atoms with Crippen LogP contribution in [0.5, 0.6) is 5.75 Å². The Kier molecular flexibility index (Phi) is 4.91. The molecule has 0 aromatic heterocycles. The van der Waals surface area contributed by atoms with Gasteiger partial charge in [0, 0.05) is 12.6 Å². The zero-order valence-electron chi connectivity index (χ0n) is 16.9. The molecular weight excluding hydrogens is 370 g/mol. The Morgan fingerprint density at radius 3 is 2.57 bits per heavy atom. The highest BCUT2D eigenvalue weighted by atomic mass is 35.5. The van der Waals surface area contributed by atoms with Crippen molar-refractivity contribution in [2.75, 3.05) is 13.2 Å². The van der Waals surface area contributed by atoms with Crippen LogP contribution >= 0.6 is 11.6 Å². The molecule has 1 aliphatic carbocycles. The zero-order chi connectivity index (χ0) is 19.9. The number of likely N-dealkylation sites (tertiary alicyclic amines) is 1. The second kappa shape index (κ2) is 7.11. The third kappa shape index (κ3) is 3.91. The quantitative estimate of drug-likeness (QED) is 0.651. The fourth-order valence-corrected chi connectivity index (χ4v) is 5.64. The molecule has 1 saturated carbocycles. The molecule has 2 aliphatic rings. The standard InChI is InChI=1S/C24H28ClNO2/c1-23(2)12-19-13-24(3,15-23)16-26(19)22(27)14-28-21-10-9-18(11-20(21)25)17-7-5-4-6-8-17/h4-11,19H,12-16H2,1-3H3/t19-,24-/m0/s1. The number of hydrogen-bond acceptors (Lipinski definition) is 2. The molecule has 2 bridgehead atoms. The minimum Gasteiger partial charge on any atom is -0.482 e. The van der Waals surface area contributed by atoms with Gasteiger partial charge in [0.1, 0.15) is 5.75 Å². The summed E-state index contributed by atoms with van der Waals surface area (Å²) in [6.45, 7) is 7.82. The normalized spacial score (nSPS) is 25.6. The summed E-state index contributed by atoms with van der Waals surface area (Å²) in [7, 11) is 0. The van der Waals surface area contributed by atoms with E-state index in [4.69, 9.17) is 16.3 Å². The monoisotopic (exact) mass is 397 g/mol. The SMILES string of the molecule is CC1(C)C[C@H]2C[C@](C)(CN2C(=O)COc2ccc(-c3ccccc3)cc2Cl)C1. The summed E-state index contributed by atoms with van der Waals surface area (Å²) in [4.78, 5) is 14.9. The molecule has 1 saturated heterocycles. The fourth-order valence-electron chi connectivity index (χ4n) is 5.40. The van der Waals surface area contributed by atoms with Gasteiger partial charge in [0.25, 0.3) is 5.91 Å². The Balaban J connectivity index is 1.42. The molecule has 4 rings (SSSR count). The van der Waals surface area contributed by atoms with Crippen LogP contribution in [0.3, 0.4) is 0 Å². The predicted molar refractivity (Wildman–Crippen MR) is 114 cm³/mol. The first-order chi connectivity index (χ1) is 13.2. The van der Waals surface area contributed by atoms with E-state index < -0.39 is 0 Å². The van der Waals surface area contributed by atoms with Crippen LogP contribution in [0.2, 0.25) is 5.02 Å². The molecule has 1 amide bonds. The van der Waals surface area contributed by atoms with E-state index in [-0.39, 0.29) is 17.9 Å². The molecule has 4 heteroatoms. The Morgan fingerprint density at radius 2 is 1.86 bits per heavy atom. The van der Waals surface area contributed by atoms with Crippen LogP contribution in [-0.2, 0) is 4.79 Å². The molecule has 2 aromatic carbocycles. The lowest BCUT2D eigenvalue weighted by atomic mass is 9.65. The van der Waals surface area contributed by atoms with Gasteiger partial charge in [-0.3, -0.25) is 4.79 Å². The molecule has 2 atom stereocenters. The number of ether oxygens (including phenoxy) is 1. The van der Waals surface area contributed by atoms with Crippen LogP contribution in [0.25, 0.3) is 11.1 Å². The van der Waals surface area contributed by atoms with Crippen LogP contribution in [-0.4, -0.2) is 30.0 Å². The number of amides is 1. The van der Waals surface area contributed by atoms with Crippen molar-refractivity contribution in [1.82, 2.24) is 4.90 Å². The summed E-state index contributed by atoms with van der Waals surface area (Å²) in [6.07, 6.45) is 3.35. The van der Waals surface area contributed by atoms with Gasteiger partial charge >= 0.3 is 0 Å². The first kappa shape index (κ1) is 19.3. The van der Waals surface area contributed by atoms with Gasteiger partial charge in [0.05, 0.1) is 5.02 Å². The summed E-state index contributed by atoms with van der Waals surface area (Å²) in [6, 6.07) is 16.1. The zero-order valence-corrected chi connectivity index (χ0v) is 17.6. The van der Waals surface area contributed by atoms with Gasteiger partial charge in [0.2, 0.25) is 0 Å². The van der Waals surface area contributed by atoms with Crippen molar-refractivity contribution in [2.24, 2.45) is 10.8 Å². The predicted octanol–water partition coefficient (Wildman–Crippen LogP) is 5.81. The summed E-state index contributed by atoms with van der Waals surface area (Å²) >= 11 is 6.42. The molecule has 0 radical (unpaired) electrons. The van der Waals surface area contributed by atoms with Crippen molar-refractivity contribution < 1.29 is 9.53 Å². The highest BCUT2D eigenvalue weighted by Crippen LogP contribution is 2.52. The molecule has 28 heavy (non-hydrogen) atoms. The highest BCUT2D eigenvalue weighted by molar-refractivity contribution is 6.32. The van der Waals surface area contributed by atoms with Crippen molar-refractivity contribution in [3.05, 3.63) is 53.6 Å². The lowest BCUT2D eigenvalue weighted by Crippen LogP contribution is -2.40. The van der Waals surface area contributed by atoms with E-state index in [1.165, 1.54) is 6.42 Å². The molecule has 0 N–H and O–H groups in total. The Morgan fingerprint density at radius 1 is 1.11 bits per heavy atom. The van der Waals surface area contributed by atoms with E-state index in [0.29, 0.717) is 22.2 Å². The number of benzene rings is 2. The minimum atomic E-state index is 0.0391. The number of fused-ring (bicyclic) bond motifs is 2. The maximum atomic E-state index is 12.9. The molecule has 1 heterocycles. The second-order valence-electron chi connectivity index (χ2n) is 9.54. The van der Waals surface area contributed by atoms with Crippen molar-refractivity contribution in [1.29, 1.82) is 0 Å². The lowest BCUT2D eigenvalue weighted by molar-refractivity contribution is -0.134. The van der Waals surface area contributed by atoms with Gasteiger partial charge in [-0.2, -0.15) is 0 Å². The van der Waals surface area contributed by atoms with Gasteiger partial charge < -0.3 is 9.64 Å². The summed E-state index contributed by atoms with van der Waals surface area (Å²) < 4.78 is 5.81. The van der Waals surface area contributed by atoms with Crippen LogP contribution < -0.4 is 4.74 Å². The van der Waals surface area contributed by atoms with Gasteiger partial charge in [-0.25, -0.2) is 0 Å². The van der Waals surface area contributed by atoms with E-state index in [9.17, 15) is 4.79 Å². The van der Waals surface area contributed by atoms with Crippen molar-refractivity contribution >= 4 is 17.5 Å². The first-order valence-electron chi connectivity index (χ1n) is 10.0. The minimum absolute atomic E-state index is 0.0391. The first-order valence-corrected chi connectivity index (χ1v) is 10.4. The Labute approximate surface area is 172 Å². The van der Waals surface area contributed by atoms with E-state index in [1.54, 1.807) is 0 Å². The number of carbonyl (C=O) groups excluding carboxylic acids is 1. The molecule has 148 valence electrons. The molecule has 2 fully saturated rings. The Hall–Kier alpha value is -2.00. The summed E-state index contributed by atoms with van der Waals surface area (Å²) in [5.74, 6) is 0.623. The van der Waals surface area contributed by atoms with E-state index in [0.717, 1.165) is 30.5 Å². The number of rotatable bonds is 4. The maximum absolute atomic E-state index is 12.9. The number of nitrogens with zero attached hydrogens (tertiary/aromatic N) is 1. The maximum Gasteiger partial charge on any atom is 0.260 e. The average Bonchev–Trinajstić information content (AvgIpc) is 2.90. The topological polar surface area (TPSA) is 29.5 Å².